The van der Waals surface area contributed by atoms with Gasteiger partial charge in [0.15, 0.2) is 0 Å². The summed E-state index contributed by atoms with van der Waals surface area (Å²) in [7, 11) is -8.24. The molecule has 1 amide bonds. The summed E-state index contributed by atoms with van der Waals surface area (Å²) in [6.45, 7) is 0.724. The Morgan fingerprint density at radius 3 is 2.78 bits per heavy atom. The van der Waals surface area contributed by atoms with Crippen LogP contribution in [0.3, 0.4) is 0 Å². The highest BCUT2D eigenvalue weighted by Crippen LogP contribution is 2.38. The van der Waals surface area contributed by atoms with Gasteiger partial charge in [-0.1, -0.05) is 17.7 Å². The molecule has 0 saturated carbocycles. The Morgan fingerprint density at radius 1 is 1.28 bits per heavy atom. The fourth-order valence-electron chi connectivity index (χ4n) is 4.18. The lowest BCUT2D eigenvalue weighted by Crippen LogP contribution is -2.39. The first-order valence-electron chi connectivity index (χ1n) is 11.0. The molecular formula is C23H23ClN4O6S2. The van der Waals surface area contributed by atoms with Crippen molar-refractivity contribution in [2.75, 3.05) is 29.0 Å². The summed E-state index contributed by atoms with van der Waals surface area (Å²) in [5.41, 5.74) is 0.563. The van der Waals surface area contributed by atoms with Crippen LogP contribution in [0.5, 0.6) is 5.75 Å². The van der Waals surface area contributed by atoms with Gasteiger partial charge in [0.1, 0.15) is 23.3 Å². The first-order chi connectivity index (χ1) is 17.0. The standard InChI is InChI=1S/C23H23ClN4O6S2/c1-35(30,31)27-23(29)15-7-8-21-22(12-15)36(32,33)26-19-11-16(14-25)18(24)13-20(19)28-9-3-2-5-17(28)6-4-10-34-21/h4,6-8,11-13,17,26H,2-3,5,9-10H2,1H3,(H,27,29)/b6-4+. The zero-order chi connectivity index (χ0) is 26.1. The molecule has 4 rings (SSSR count). The van der Waals surface area contributed by atoms with Gasteiger partial charge in [-0.2, -0.15) is 5.26 Å². The second-order valence-electron chi connectivity index (χ2n) is 8.43. The molecule has 0 bridgehead atoms. The van der Waals surface area contributed by atoms with E-state index in [4.69, 9.17) is 16.3 Å². The largest absolute Gasteiger partial charge is 0.488 e. The number of carbonyl (C=O) groups is 1. The minimum absolute atomic E-state index is 0.0276. The van der Waals surface area contributed by atoms with Gasteiger partial charge in [0, 0.05) is 18.2 Å². The van der Waals surface area contributed by atoms with Crippen molar-refractivity contribution in [1.29, 1.82) is 5.26 Å². The van der Waals surface area contributed by atoms with Crippen LogP contribution >= 0.6 is 11.6 Å². The van der Waals surface area contributed by atoms with Crippen molar-refractivity contribution in [3.63, 3.8) is 0 Å². The molecule has 0 radical (unpaired) electrons. The molecule has 1 unspecified atom stereocenters. The third-order valence-corrected chi connectivity index (χ3v) is 8.03. The number of anilines is 2. The summed E-state index contributed by atoms with van der Waals surface area (Å²) in [5.74, 6) is -1.02. The average Bonchev–Trinajstić information content (AvgIpc) is 2.81. The van der Waals surface area contributed by atoms with Gasteiger partial charge in [0.2, 0.25) is 10.0 Å². The van der Waals surface area contributed by atoms with Crippen LogP contribution in [-0.2, 0) is 20.0 Å². The van der Waals surface area contributed by atoms with E-state index in [0.717, 1.165) is 31.6 Å². The van der Waals surface area contributed by atoms with Crippen molar-refractivity contribution in [1.82, 2.24) is 4.72 Å². The SMILES string of the molecule is CS(=O)(=O)NC(=O)c1ccc2c(c1)S(=O)(=O)Nc1cc(C#N)c(Cl)cc1N1CCCCC1/C=C/CO2. The summed E-state index contributed by atoms with van der Waals surface area (Å²) in [6, 6.07) is 8.48. The van der Waals surface area contributed by atoms with Crippen LogP contribution < -0.4 is 19.1 Å². The molecular weight excluding hydrogens is 528 g/mol. The first-order valence-corrected chi connectivity index (χ1v) is 14.7. The maximum absolute atomic E-state index is 13.6. The van der Waals surface area contributed by atoms with E-state index in [0.29, 0.717) is 12.2 Å². The van der Waals surface area contributed by atoms with Crippen molar-refractivity contribution >= 4 is 48.9 Å². The molecule has 2 heterocycles. The van der Waals surface area contributed by atoms with E-state index >= 15 is 0 Å². The molecule has 2 aliphatic rings. The number of ether oxygens (including phenoxy) is 1. The molecule has 10 nitrogen and oxygen atoms in total. The predicted molar refractivity (Wildman–Crippen MR) is 135 cm³/mol. The van der Waals surface area contributed by atoms with Gasteiger partial charge < -0.3 is 9.64 Å². The Hall–Kier alpha value is -3.27. The van der Waals surface area contributed by atoms with Crippen LogP contribution in [0.4, 0.5) is 11.4 Å². The highest BCUT2D eigenvalue weighted by molar-refractivity contribution is 7.92. The van der Waals surface area contributed by atoms with Gasteiger partial charge in [-0.3, -0.25) is 9.52 Å². The third kappa shape index (κ3) is 5.59. The summed E-state index contributed by atoms with van der Waals surface area (Å²) in [5, 5.41) is 9.68. The Labute approximate surface area is 214 Å². The lowest BCUT2D eigenvalue weighted by Gasteiger charge is -2.37. The van der Waals surface area contributed by atoms with E-state index in [1.807, 2.05) is 21.8 Å². The third-order valence-electron chi connectivity index (χ3n) is 5.78. The Bertz CT molecular complexity index is 1500. The zero-order valence-electron chi connectivity index (χ0n) is 19.2. The fraction of sp³-hybridized carbons (Fsp3) is 0.304. The van der Waals surface area contributed by atoms with Gasteiger partial charge in [0.05, 0.1) is 28.2 Å². The van der Waals surface area contributed by atoms with E-state index < -0.39 is 26.0 Å². The molecule has 1 saturated heterocycles. The molecule has 36 heavy (non-hydrogen) atoms. The van der Waals surface area contributed by atoms with Gasteiger partial charge >= 0.3 is 0 Å². The normalized spacial score (nSPS) is 19.9. The van der Waals surface area contributed by atoms with Crippen LogP contribution in [0.25, 0.3) is 0 Å². The highest BCUT2D eigenvalue weighted by atomic mass is 35.5. The quantitative estimate of drug-likeness (QED) is 0.543. The van der Waals surface area contributed by atoms with Crippen molar-refractivity contribution < 1.29 is 26.4 Å². The molecule has 2 aromatic rings. The lowest BCUT2D eigenvalue weighted by atomic mass is 10.00. The molecule has 1 atom stereocenters. The monoisotopic (exact) mass is 550 g/mol. The number of halogens is 1. The molecule has 2 aromatic carbocycles. The molecule has 2 N–H and O–H groups in total. The Kier molecular flexibility index (Phi) is 7.17. The molecule has 0 spiro atoms. The number of nitrogens with one attached hydrogen (secondary N) is 2. The molecule has 2 aliphatic heterocycles. The topological polar surface area (TPSA) is 146 Å². The lowest BCUT2D eigenvalue weighted by molar-refractivity contribution is 0.0981. The summed E-state index contributed by atoms with van der Waals surface area (Å²) >= 11 is 6.32. The van der Waals surface area contributed by atoms with E-state index in [1.165, 1.54) is 18.2 Å². The Balaban J connectivity index is 1.87. The average molecular weight is 551 g/mol. The molecule has 0 aliphatic carbocycles. The maximum atomic E-state index is 13.6. The number of hydrogen-bond acceptors (Lipinski definition) is 8. The number of carbonyl (C=O) groups excluding carboxylic acids is 1. The van der Waals surface area contributed by atoms with Crippen LogP contribution in [-0.4, -0.2) is 48.2 Å². The number of piperidine rings is 1. The number of rotatable bonds is 2. The number of nitriles is 1. The summed E-state index contributed by atoms with van der Waals surface area (Å²) in [4.78, 5) is 14.1. The number of nitrogens with zero attached hydrogens (tertiary/aromatic N) is 2. The zero-order valence-corrected chi connectivity index (χ0v) is 21.6. The smallest absolute Gasteiger partial charge is 0.265 e. The molecule has 190 valence electrons. The molecule has 0 aromatic heterocycles. The number of benzene rings is 2. The van der Waals surface area contributed by atoms with E-state index in [-0.39, 0.29) is 45.1 Å². The van der Waals surface area contributed by atoms with Gasteiger partial charge in [-0.25, -0.2) is 21.6 Å². The van der Waals surface area contributed by atoms with Gasteiger partial charge in [-0.15, -0.1) is 0 Å². The van der Waals surface area contributed by atoms with Crippen LogP contribution in [0, 0.1) is 11.3 Å². The molecule has 13 heteroatoms. The minimum atomic E-state index is -4.37. The predicted octanol–water partition coefficient (Wildman–Crippen LogP) is 3.01. The number of fused-ring (bicyclic) bond motifs is 4. The van der Waals surface area contributed by atoms with E-state index in [9.17, 15) is 26.9 Å². The fourth-order valence-corrected chi connectivity index (χ4v) is 6.07. The number of sulfonamides is 2. The second-order valence-corrected chi connectivity index (χ2v) is 12.2. The van der Waals surface area contributed by atoms with Crippen molar-refractivity contribution in [2.45, 2.75) is 30.2 Å². The number of hydrogen-bond donors (Lipinski definition) is 2. The highest BCUT2D eigenvalue weighted by Gasteiger charge is 2.29. The van der Waals surface area contributed by atoms with Crippen LogP contribution in [0.2, 0.25) is 5.02 Å². The molecule has 1 fully saturated rings. The van der Waals surface area contributed by atoms with Crippen molar-refractivity contribution in [3.05, 3.63) is 58.6 Å². The summed E-state index contributed by atoms with van der Waals surface area (Å²) in [6.07, 6.45) is 7.33. The summed E-state index contributed by atoms with van der Waals surface area (Å²) < 4.78 is 60.2. The Morgan fingerprint density at radius 2 is 2.06 bits per heavy atom. The second kappa shape index (κ2) is 10.0. The van der Waals surface area contributed by atoms with E-state index in [1.54, 1.807) is 12.1 Å². The van der Waals surface area contributed by atoms with Crippen molar-refractivity contribution in [2.24, 2.45) is 0 Å². The van der Waals surface area contributed by atoms with Crippen LogP contribution in [0.15, 0.2) is 47.4 Å². The minimum Gasteiger partial charge on any atom is -0.488 e. The van der Waals surface area contributed by atoms with Gasteiger partial charge in [0.25, 0.3) is 15.9 Å². The van der Waals surface area contributed by atoms with Crippen molar-refractivity contribution in [3.8, 4) is 11.8 Å². The first kappa shape index (κ1) is 25.8. The van der Waals surface area contributed by atoms with E-state index in [2.05, 4.69) is 4.72 Å². The number of amides is 1. The maximum Gasteiger partial charge on any atom is 0.265 e. The van der Waals surface area contributed by atoms with Crippen LogP contribution in [0.1, 0.15) is 35.2 Å². The van der Waals surface area contributed by atoms with Gasteiger partial charge in [-0.05, 0) is 55.7 Å².